The second-order valence-corrected chi connectivity index (χ2v) is 20.1. The van der Waals surface area contributed by atoms with Gasteiger partial charge >= 0.3 is 17.9 Å². The molecule has 0 aromatic rings. The fraction of sp³-hybridized carbons (Fsp3) is 0.945. The molecule has 0 heterocycles. The van der Waals surface area contributed by atoms with Gasteiger partial charge in [0.2, 0.25) is 0 Å². The number of ether oxygens (including phenoxy) is 3. The van der Waals surface area contributed by atoms with Crippen molar-refractivity contribution in [1.29, 1.82) is 0 Å². The first kappa shape index (κ1) is 59.4. The van der Waals surface area contributed by atoms with Gasteiger partial charge in [-0.2, -0.15) is 0 Å². The molecule has 0 saturated carbocycles. The molecule has 0 radical (unpaired) electrons. The number of rotatable bonds is 48. The van der Waals surface area contributed by atoms with Gasteiger partial charge in [-0.05, 0) is 37.0 Å². The van der Waals surface area contributed by atoms with Crippen LogP contribution in [-0.2, 0) is 28.6 Å². The molecule has 0 bridgehead atoms. The van der Waals surface area contributed by atoms with Crippen molar-refractivity contribution in [3.63, 3.8) is 0 Å². The fourth-order valence-corrected chi connectivity index (χ4v) is 8.26. The topological polar surface area (TPSA) is 78.9 Å². The summed E-state index contributed by atoms with van der Waals surface area (Å²) < 4.78 is 16.8. The average Bonchev–Trinajstić information content (AvgIpc) is 3.23. The predicted octanol–water partition coefficient (Wildman–Crippen LogP) is 17.6. The molecule has 0 rings (SSSR count). The van der Waals surface area contributed by atoms with Crippen LogP contribution in [0, 0.1) is 17.8 Å². The largest absolute Gasteiger partial charge is 0.462 e. The first-order valence-corrected chi connectivity index (χ1v) is 27.1. The number of esters is 3. The zero-order valence-corrected chi connectivity index (χ0v) is 42.0. The van der Waals surface area contributed by atoms with Crippen LogP contribution >= 0.6 is 0 Å². The van der Waals surface area contributed by atoms with Crippen molar-refractivity contribution < 1.29 is 28.6 Å². The van der Waals surface area contributed by atoms with Gasteiger partial charge < -0.3 is 14.2 Å². The minimum Gasteiger partial charge on any atom is -0.462 e. The number of carbonyl (C=O) groups is 3. The Kier molecular flexibility index (Phi) is 45.2. The summed E-state index contributed by atoms with van der Waals surface area (Å²) >= 11 is 0. The van der Waals surface area contributed by atoms with Crippen LogP contribution in [0.15, 0.2) is 0 Å². The molecule has 6 nitrogen and oxygen atoms in total. The molecule has 0 spiro atoms. The Morgan fingerprint density at radius 2 is 0.574 bits per heavy atom. The Bertz CT molecular complexity index is 947. The average molecular weight is 863 g/mol. The quantitative estimate of drug-likeness (QED) is 0.0344. The maximum atomic E-state index is 12.8. The van der Waals surface area contributed by atoms with Crippen LogP contribution in [0.25, 0.3) is 0 Å². The van der Waals surface area contributed by atoms with Crippen LogP contribution < -0.4 is 0 Å². The number of unbranched alkanes of at least 4 members (excludes halogenated alkanes) is 30. The van der Waals surface area contributed by atoms with Gasteiger partial charge in [-0.25, -0.2) is 0 Å². The van der Waals surface area contributed by atoms with Crippen LogP contribution in [0.2, 0.25) is 0 Å². The molecule has 0 aromatic carbocycles. The van der Waals surface area contributed by atoms with E-state index in [0.29, 0.717) is 19.3 Å². The van der Waals surface area contributed by atoms with E-state index in [0.717, 1.165) is 75.5 Å². The standard InChI is InChI=1S/C55H106O6/c1-7-51(6)43-37-31-25-21-22-27-33-39-45-54(57)60-48-52(47-59-53(56)44-38-32-26-19-16-12-14-18-24-30-36-42-50(4)5)61-55(58)46-40-34-28-20-15-11-9-8-10-13-17-23-29-35-41-49(2)3/h49-52H,7-48H2,1-6H3/t51?,52-/m0/s1. The lowest BCUT2D eigenvalue weighted by Crippen LogP contribution is -2.30. The van der Waals surface area contributed by atoms with E-state index in [1.165, 1.54) is 180 Å². The molecule has 362 valence electrons. The van der Waals surface area contributed by atoms with Gasteiger partial charge in [0.1, 0.15) is 13.2 Å². The van der Waals surface area contributed by atoms with E-state index in [1.807, 2.05) is 0 Å². The summed E-state index contributed by atoms with van der Waals surface area (Å²) in [7, 11) is 0. The molecule has 61 heavy (non-hydrogen) atoms. The Hall–Kier alpha value is -1.59. The van der Waals surface area contributed by atoms with E-state index >= 15 is 0 Å². The summed E-state index contributed by atoms with van der Waals surface area (Å²) in [5.41, 5.74) is 0. The van der Waals surface area contributed by atoms with Gasteiger partial charge in [0, 0.05) is 19.3 Å². The van der Waals surface area contributed by atoms with Crippen molar-refractivity contribution in [3.8, 4) is 0 Å². The third kappa shape index (κ3) is 47.7. The lowest BCUT2D eigenvalue weighted by Gasteiger charge is -2.18. The minimum atomic E-state index is -0.763. The van der Waals surface area contributed by atoms with E-state index in [9.17, 15) is 14.4 Å². The summed E-state index contributed by atoms with van der Waals surface area (Å²) in [6, 6.07) is 0. The van der Waals surface area contributed by atoms with Crippen LogP contribution in [0.1, 0.15) is 298 Å². The molecule has 0 amide bonds. The Morgan fingerprint density at radius 1 is 0.328 bits per heavy atom. The summed E-state index contributed by atoms with van der Waals surface area (Å²) in [6.45, 7) is 13.7. The molecule has 0 fully saturated rings. The van der Waals surface area contributed by atoms with E-state index in [2.05, 4.69) is 41.5 Å². The van der Waals surface area contributed by atoms with Crippen molar-refractivity contribution in [2.24, 2.45) is 17.8 Å². The summed E-state index contributed by atoms with van der Waals surface area (Å²) in [6.07, 6.45) is 46.6. The van der Waals surface area contributed by atoms with Crippen LogP contribution in [0.4, 0.5) is 0 Å². The SMILES string of the molecule is CCC(C)CCCCCCCCCCC(=O)OC[C@H](COC(=O)CCCCCCCCCCCCCC(C)C)OC(=O)CCCCCCCCCCCCCCCCC(C)C. The first-order valence-electron chi connectivity index (χ1n) is 27.1. The number of hydrogen-bond acceptors (Lipinski definition) is 6. The minimum absolute atomic E-state index is 0.0645. The molecule has 0 aliphatic carbocycles. The van der Waals surface area contributed by atoms with Gasteiger partial charge in [-0.1, -0.05) is 260 Å². The summed E-state index contributed by atoms with van der Waals surface area (Å²) in [5, 5.41) is 0. The van der Waals surface area contributed by atoms with Gasteiger partial charge in [0.25, 0.3) is 0 Å². The van der Waals surface area contributed by atoms with E-state index in [1.54, 1.807) is 0 Å². The summed E-state index contributed by atoms with van der Waals surface area (Å²) in [5.74, 6) is 1.67. The molecule has 6 heteroatoms. The van der Waals surface area contributed by atoms with E-state index in [-0.39, 0.29) is 31.1 Å². The van der Waals surface area contributed by atoms with E-state index < -0.39 is 6.10 Å². The lowest BCUT2D eigenvalue weighted by atomic mass is 9.99. The first-order chi connectivity index (χ1) is 29.6. The molecule has 0 aliphatic heterocycles. The van der Waals surface area contributed by atoms with Gasteiger partial charge in [0.05, 0.1) is 0 Å². The molecule has 1 unspecified atom stereocenters. The molecular formula is C55H106O6. The Balaban J connectivity index is 4.32. The van der Waals surface area contributed by atoms with E-state index in [4.69, 9.17) is 14.2 Å². The van der Waals surface area contributed by atoms with Crippen molar-refractivity contribution in [1.82, 2.24) is 0 Å². The van der Waals surface area contributed by atoms with Crippen molar-refractivity contribution >= 4 is 17.9 Å². The van der Waals surface area contributed by atoms with Crippen LogP contribution in [0.3, 0.4) is 0 Å². The Labute approximate surface area is 380 Å². The highest BCUT2D eigenvalue weighted by Gasteiger charge is 2.19. The fourth-order valence-electron chi connectivity index (χ4n) is 8.26. The van der Waals surface area contributed by atoms with Gasteiger partial charge in [-0.3, -0.25) is 14.4 Å². The van der Waals surface area contributed by atoms with Gasteiger partial charge in [0.15, 0.2) is 6.10 Å². The van der Waals surface area contributed by atoms with Crippen LogP contribution in [0.5, 0.6) is 0 Å². The van der Waals surface area contributed by atoms with Crippen LogP contribution in [-0.4, -0.2) is 37.2 Å². The number of carbonyl (C=O) groups excluding carboxylic acids is 3. The Morgan fingerprint density at radius 3 is 0.852 bits per heavy atom. The number of hydrogen-bond donors (Lipinski definition) is 0. The third-order valence-corrected chi connectivity index (χ3v) is 12.8. The highest BCUT2D eigenvalue weighted by atomic mass is 16.6. The van der Waals surface area contributed by atoms with Gasteiger partial charge in [-0.15, -0.1) is 0 Å². The maximum Gasteiger partial charge on any atom is 0.306 e. The van der Waals surface area contributed by atoms with Crippen molar-refractivity contribution in [3.05, 3.63) is 0 Å². The van der Waals surface area contributed by atoms with Crippen molar-refractivity contribution in [2.75, 3.05) is 13.2 Å². The highest BCUT2D eigenvalue weighted by molar-refractivity contribution is 5.71. The molecular weight excluding hydrogens is 757 g/mol. The lowest BCUT2D eigenvalue weighted by molar-refractivity contribution is -0.167. The molecule has 2 atom stereocenters. The maximum absolute atomic E-state index is 12.8. The highest BCUT2D eigenvalue weighted by Crippen LogP contribution is 2.18. The smallest absolute Gasteiger partial charge is 0.306 e. The second-order valence-electron chi connectivity index (χ2n) is 20.1. The molecule has 0 aliphatic rings. The summed E-state index contributed by atoms with van der Waals surface area (Å²) in [4.78, 5) is 38.0. The monoisotopic (exact) mass is 863 g/mol. The predicted molar refractivity (Wildman–Crippen MR) is 261 cm³/mol. The molecule has 0 N–H and O–H groups in total. The molecule has 0 saturated heterocycles. The second kappa shape index (κ2) is 46.4. The third-order valence-electron chi connectivity index (χ3n) is 12.8. The zero-order chi connectivity index (χ0) is 44.9. The zero-order valence-electron chi connectivity index (χ0n) is 42.0. The molecule has 0 aromatic heterocycles. The normalized spacial score (nSPS) is 12.6. The van der Waals surface area contributed by atoms with Crippen molar-refractivity contribution in [2.45, 2.75) is 304 Å².